The van der Waals surface area contributed by atoms with Gasteiger partial charge in [-0.15, -0.1) is 10.2 Å². The molecule has 0 radical (unpaired) electrons. The summed E-state index contributed by atoms with van der Waals surface area (Å²) in [5.74, 6) is 2.82. The molecule has 0 aliphatic carbocycles. The van der Waals surface area contributed by atoms with Gasteiger partial charge in [0.1, 0.15) is 0 Å². The maximum absolute atomic E-state index is 12.6. The number of aromatic nitrogens is 3. The highest BCUT2D eigenvalue weighted by Gasteiger charge is 2.24. The van der Waals surface area contributed by atoms with Crippen LogP contribution in [0.5, 0.6) is 11.5 Å². The molecule has 1 atom stereocenters. The molecule has 2 aliphatic rings. The van der Waals surface area contributed by atoms with E-state index in [-0.39, 0.29) is 12.7 Å². The number of ether oxygens (including phenoxy) is 2. The fourth-order valence-corrected chi connectivity index (χ4v) is 4.50. The molecule has 0 saturated carbocycles. The molecule has 1 aromatic heterocycles. The predicted molar refractivity (Wildman–Crippen MR) is 103 cm³/mol. The van der Waals surface area contributed by atoms with Crippen molar-refractivity contribution in [2.45, 2.75) is 50.9 Å². The second kappa shape index (κ2) is 7.80. The third-order valence-corrected chi connectivity index (χ3v) is 6.06. The summed E-state index contributed by atoms with van der Waals surface area (Å²) in [4.78, 5) is 14.6. The van der Waals surface area contributed by atoms with Crippen LogP contribution >= 0.6 is 11.8 Å². The number of thioether (sulfide) groups is 1. The number of benzene rings is 1. The summed E-state index contributed by atoms with van der Waals surface area (Å²) in [6.07, 6.45) is 3.40. The molecule has 0 spiro atoms. The van der Waals surface area contributed by atoms with Crippen LogP contribution in [-0.2, 0) is 11.3 Å². The molecule has 1 amide bonds. The van der Waals surface area contributed by atoms with Crippen LogP contribution in [0.1, 0.15) is 33.1 Å². The van der Waals surface area contributed by atoms with Gasteiger partial charge in [-0.2, -0.15) is 0 Å². The summed E-state index contributed by atoms with van der Waals surface area (Å²) in [6.45, 7) is 6.03. The number of hydrogen-bond acceptors (Lipinski definition) is 6. The molecule has 2 aromatic rings. The van der Waals surface area contributed by atoms with Crippen LogP contribution in [0.25, 0.3) is 11.4 Å². The number of amides is 1. The van der Waals surface area contributed by atoms with Crippen molar-refractivity contribution in [3.63, 3.8) is 0 Å². The monoisotopic (exact) mass is 388 g/mol. The number of fused-ring (bicyclic) bond motifs is 1. The lowest BCUT2D eigenvalue weighted by Gasteiger charge is -2.33. The van der Waals surface area contributed by atoms with Gasteiger partial charge in [0.15, 0.2) is 22.5 Å². The number of nitrogens with zero attached hydrogens (tertiary/aromatic N) is 4. The van der Waals surface area contributed by atoms with Crippen molar-refractivity contribution in [3.8, 4) is 22.9 Å². The van der Waals surface area contributed by atoms with E-state index in [1.54, 1.807) is 0 Å². The van der Waals surface area contributed by atoms with Crippen molar-refractivity contribution in [2.24, 2.45) is 0 Å². The summed E-state index contributed by atoms with van der Waals surface area (Å²) < 4.78 is 12.9. The summed E-state index contributed by atoms with van der Waals surface area (Å²) >= 11 is 1.46. The van der Waals surface area contributed by atoms with Crippen LogP contribution in [0, 0.1) is 0 Å². The molecule has 1 saturated heterocycles. The molecule has 4 rings (SSSR count). The Hall–Kier alpha value is -2.22. The Morgan fingerprint density at radius 3 is 2.93 bits per heavy atom. The van der Waals surface area contributed by atoms with E-state index in [1.807, 2.05) is 27.7 Å². The van der Waals surface area contributed by atoms with Gasteiger partial charge in [0, 0.05) is 24.7 Å². The van der Waals surface area contributed by atoms with Crippen LogP contribution in [0.15, 0.2) is 23.4 Å². The molecule has 3 heterocycles. The van der Waals surface area contributed by atoms with E-state index in [0.29, 0.717) is 11.8 Å². The maximum atomic E-state index is 12.6. The maximum Gasteiger partial charge on any atom is 0.233 e. The molecule has 1 aromatic carbocycles. The van der Waals surface area contributed by atoms with Gasteiger partial charge in [-0.05, 0) is 51.3 Å². The average molecular weight is 388 g/mol. The number of piperidine rings is 1. The van der Waals surface area contributed by atoms with E-state index in [9.17, 15) is 4.79 Å². The summed E-state index contributed by atoms with van der Waals surface area (Å²) in [6, 6.07) is 6.10. The van der Waals surface area contributed by atoms with Gasteiger partial charge in [-0.1, -0.05) is 11.8 Å². The van der Waals surface area contributed by atoms with Crippen molar-refractivity contribution in [1.82, 2.24) is 19.7 Å². The van der Waals surface area contributed by atoms with Crippen molar-refractivity contribution in [3.05, 3.63) is 18.2 Å². The summed E-state index contributed by atoms with van der Waals surface area (Å²) in [7, 11) is 0. The van der Waals surface area contributed by atoms with Crippen LogP contribution in [0.4, 0.5) is 0 Å². The van der Waals surface area contributed by atoms with Gasteiger partial charge in [-0.3, -0.25) is 4.79 Å². The number of carbonyl (C=O) groups is 1. The third kappa shape index (κ3) is 3.63. The molecule has 1 fully saturated rings. The normalized spacial score (nSPS) is 18.7. The Labute approximate surface area is 163 Å². The standard InChI is InChI=1S/C19H24N4O3S/c1-3-22-18(14-7-8-15-16(10-14)26-12-25-15)20-21-19(22)27-11-17(24)23-9-5-4-6-13(23)2/h7-8,10,13H,3-6,9,11-12H2,1-2H3/t13-/m0/s1. The number of likely N-dealkylation sites (tertiary alicyclic amines) is 1. The van der Waals surface area contributed by atoms with E-state index in [1.165, 1.54) is 18.2 Å². The fourth-order valence-electron chi connectivity index (χ4n) is 3.61. The van der Waals surface area contributed by atoms with E-state index in [2.05, 4.69) is 24.0 Å². The zero-order valence-corrected chi connectivity index (χ0v) is 16.5. The first-order chi connectivity index (χ1) is 13.2. The summed E-state index contributed by atoms with van der Waals surface area (Å²) in [5, 5.41) is 9.45. The average Bonchev–Trinajstić information content (AvgIpc) is 3.32. The molecular formula is C19H24N4O3S. The lowest BCUT2D eigenvalue weighted by atomic mass is 10.0. The number of hydrogen-bond donors (Lipinski definition) is 0. The van der Waals surface area contributed by atoms with Crippen molar-refractivity contribution < 1.29 is 14.3 Å². The third-order valence-electron chi connectivity index (χ3n) is 5.11. The molecule has 0 bridgehead atoms. The van der Waals surface area contributed by atoms with Crippen molar-refractivity contribution in [1.29, 1.82) is 0 Å². The minimum Gasteiger partial charge on any atom is -0.454 e. The SMILES string of the molecule is CCn1c(SCC(=O)N2CCCC[C@@H]2C)nnc1-c1ccc2c(c1)OCO2. The Bertz CT molecular complexity index is 838. The number of carbonyl (C=O) groups excluding carboxylic acids is 1. The Kier molecular flexibility index (Phi) is 5.24. The topological polar surface area (TPSA) is 69.5 Å². The highest BCUT2D eigenvalue weighted by atomic mass is 32.2. The first-order valence-electron chi connectivity index (χ1n) is 9.43. The van der Waals surface area contributed by atoms with Gasteiger partial charge in [0.2, 0.25) is 12.7 Å². The van der Waals surface area contributed by atoms with Crippen LogP contribution < -0.4 is 9.47 Å². The van der Waals surface area contributed by atoms with E-state index in [4.69, 9.17) is 9.47 Å². The minimum absolute atomic E-state index is 0.183. The van der Waals surface area contributed by atoms with Gasteiger partial charge in [0.05, 0.1) is 5.75 Å². The largest absolute Gasteiger partial charge is 0.454 e. The first kappa shape index (κ1) is 18.2. The minimum atomic E-state index is 0.183. The first-order valence-corrected chi connectivity index (χ1v) is 10.4. The van der Waals surface area contributed by atoms with Crippen LogP contribution in [0.2, 0.25) is 0 Å². The van der Waals surface area contributed by atoms with E-state index < -0.39 is 0 Å². The van der Waals surface area contributed by atoms with Crippen LogP contribution in [0.3, 0.4) is 0 Å². The molecule has 0 N–H and O–H groups in total. The molecule has 8 heteroatoms. The zero-order valence-electron chi connectivity index (χ0n) is 15.7. The van der Waals surface area contributed by atoms with Gasteiger partial charge in [-0.25, -0.2) is 0 Å². The highest BCUT2D eigenvalue weighted by Crippen LogP contribution is 2.36. The molecule has 2 aliphatic heterocycles. The second-order valence-electron chi connectivity index (χ2n) is 6.84. The fraction of sp³-hybridized carbons (Fsp3) is 0.526. The van der Waals surface area contributed by atoms with Gasteiger partial charge in [0.25, 0.3) is 0 Å². The Morgan fingerprint density at radius 1 is 1.26 bits per heavy atom. The van der Waals surface area contributed by atoms with E-state index >= 15 is 0 Å². The molecule has 144 valence electrons. The zero-order chi connectivity index (χ0) is 18.8. The van der Waals surface area contributed by atoms with E-state index in [0.717, 1.165) is 54.0 Å². The quantitative estimate of drug-likeness (QED) is 0.733. The van der Waals surface area contributed by atoms with Crippen molar-refractivity contribution >= 4 is 17.7 Å². The number of rotatable bonds is 5. The second-order valence-corrected chi connectivity index (χ2v) is 7.78. The van der Waals surface area contributed by atoms with Crippen molar-refractivity contribution in [2.75, 3.05) is 19.1 Å². The smallest absolute Gasteiger partial charge is 0.233 e. The summed E-state index contributed by atoms with van der Waals surface area (Å²) in [5.41, 5.74) is 0.927. The predicted octanol–water partition coefficient (Wildman–Crippen LogP) is 3.19. The Balaban J connectivity index is 1.49. The molecule has 27 heavy (non-hydrogen) atoms. The molecule has 7 nitrogen and oxygen atoms in total. The van der Waals surface area contributed by atoms with Gasteiger partial charge < -0.3 is 18.9 Å². The van der Waals surface area contributed by atoms with Crippen LogP contribution in [-0.4, -0.2) is 50.7 Å². The Morgan fingerprint density at radius 2 is 2.11 bits per heavy atom. The van der Waals surface area contributed by atoms with Gasteiger partial charge >= 0.3 is 0 Å². The molecular weight excluding hydrogens is 364 g/mol. The molecule has 0 unspecified atom stereocenters. The highest BCUT2D eigenvalue weighted by molar-refractivity contribution is 7.99. The lowest BCUT2D eigenvalue weighted by Crippen LogP contribution is -2.43. The lowest BCUT2D eigenvalue weighted by molar-refractivity contribution is -0.131.